The third-order valence-corrected chi connectivity index (χ3v) is 8.36. The summed E-state index contributed by atoms with van der Waals surface area (Å²) in [5.41, 5.74) is 0.311. The van der Waals surface area contributed by atoms with Crippen LogP contribution in [0.2, 0.25) is 0 Å². The summed E-state index contributed by atoms with van der Waals surface area (Å²) in [7, 11) is 0. The van der Waals surface area contributed by atoms with Gasteiger partial charge in [0.2, 0.25) is 5.91 Å². The Balaban J connectivity index is 1.71. The predicted molar refractivity (Wildman–Crippen MR) is 133 cm³/mol. The number of carbonyl (C=O) groups is 3. The second-order valence-electron chi connectivity index (χ2n) is 10.3. The highest BCUT2D eigenvalue weighted by Crippen LogP contribution is 2.59. The number of aliphatic hydroxyl groups excluding tert-OH is 1. The third-order valence-electron chi connectivity index (χ3n) is 8.36. The molecule has 1 unspecified atom stereocenters. The normalized spacial score (nSPS) is 34.1. The van der Waals surface area contributed by atoms with Gasteiger partial charge in [-0.25, -0.2) is 0 Å². The van der Waals surface area contributed by atoms with Gasteiger partial charge in [-0.15, -0.1) is 0 Å². The summed E-state index contributed by atoms with van der Waals surface area (Å²) in [6.45, 7) is 7.83. The van der Waals surface area contributed by atoms with Gasteiger partial charge in [0.25, 0.3) is 5.91 Å². The Morgan fingerprint density at radius 2 is 1.86 bits per heavy atom. The molecule has 36 heavy (non-hydrogen) atoms. The number of aryl methyl sites for hydroxylation is 2. The number of cyclic esters (lactones) is 1. The molecule has 4 aliphatic rings. The van der Waals surface area contributed by atoms with Crippen LogP contribution in [0.5, 0.6) is 0 Å². The van der Waals surface area contributed by atoms with E-state index in [9.17, 15) is 19.5 Å². The van der Waals surface area contributed by atoms with Crippen LogP contribution in [0.25, 0.3) is 0 Å². The molecule has 1 N–H and O–H groups in total. The molecule has 0 aromatic heterocycles. The summed E-state index contributed by atoms with van der Waals surface area (Å²) >= 11 is 0. The zero-order valence-electron chi connectivity index (χ0n) is 21.3. The van der Waals surface area contributed by atoms with E-state index in [1.165, 1.54) is 4.90 Å². The maximum Gasteiger partial charge on any atom is 0.313 e. The quantitative estimate of drug-likeness (QED) is 0.499. The fourth-order valence-electron chi connectivity index (χ4n) is 6.57. The maximum atomic E-state index is 14.5. The lowest BCUT2D eigenvalue weighted by molar-refractivity contribution is -0.159. The summed E-state index contributed by atoms with van der Waals surface area (Å²) in [5, 5.41) is 10.2. The van der Waals surface area contributed by atoms with E-state index in [0.717, 1.165) is 16.8 Å². The number of esters is 1. The van der Waals surface area contributed by atoms with Gasteiger partial charge in [0, 0.05) is 12.2 Å². The molecule has 2 amide bonds. The van der Waals surface area contributed by atoms with E-state index in [2.05, 4.69) is 0 Å². The molecule has 0 bridgehead atoms. The van der Waals surface area contributed by atoms with Crippen LogP contribution in [0, 0.1) is 25.7 Å². The van der Waals surface area contributed by atoms with Crippen molar-refractivity contribution in [3.8, 4) is 0 Å². The number of amides is 2. The van der Waals surface area contributed by atoms with E-state index in [1.807, 2.05) is 64.1 Å². The van der Waals surface area contributed by atoms with Crippen LogP contribution in [0.15, 0.2) is 42.5 Å². The largest absolute Gasteiger partial charge is 0.461 e. The van der Waals surface area contributed by atoms with Crippen molar-refractivity contribution in [2.45, 2.75) is 63.8 Å². The average molecular weight is 495 g/mol. The summed E-state index contributed by atoms with van der Waals surface area (Å²) in [6.07, 6.45) is 8.17. The molecular weight excluding hydrogens is 460 g/mol. The minimum Gasteiger partial charge on any atom is -0.461 e. The number of benzene rings is 1. The Bertz CT molecular complexity index is 1160. The molecule has 1 aromatic carbocycles. The van der Waals surface area contributed by atoms with Crippen LogP contribution >= 0.6 is 0 Å². The number of carbonyl (C=O) groups excluding carboxylic acids is 3. The summed E-state index contributed by atoms with van der Waals surface area (Å²) in [5.74, 6) is -2.95. The van der Waals surface area contributed by atoms with Crippen molar-refractivity contribution in [3.63, 3.8) is 0 Å². The van der Waals surface area contributed by atoms with E-state index in [-0.39, 0.29) is 25.0 Å². The second-order valence-corrected chi connectivity index (χ2v) is 10.3. The number of hydrogen-bond acceptors (Lipinski definition) is 6. The first-order valence-electron chi connectivity index (χ1n) is 12.8. The van der Waals surface area contributed by atoms with Crippen molar-refractivity contribution >= 4 is 23.5 Å². The summed E-state index contributed by atoms with van der Waals surface area (Å²) < 4.78 is 12.3. The van der Waals surface area contributed by atoms with Gasteiger partial charge < -0.3 is 24.4 Å². The Kier molecular flexibility index (Phi) is 6.08. The number of fused-ring (bicyclic) bond motifs is 2. The SMILES string of the molecule is CC[C@@H](CO)N1C(=O)[C@@H]2[C@@H]3C(=O)OCC=C[C@]3(CC)O[C@@]23C=CCN(c2cc(C)ccc2C)C(=O)C13. The van der Waals surface area contributed by atoms with Gasteiger partial charge in [-0.2, -0.15) is 0 Å². The Labute approximate surface area is 211 Å². The molecular formula is C28H34N2O6. The number of likely N-dealkylation sites (tertiary alicyclic amines) is 1. The van der Waals surface area contributed by atoms with Crippen LogP contribution in [0.4, 0.5) is 5.69 Å². The van der Waals surface area contributed by atoms with E-state index in [4.69, 9.17) is 9.47 Å². The van der Waals surface area contributed by atoms with Crippen molar-refractivity contribution in [3.05, 3.63) is 53.6 Å². The van der Waals surface area contributed by atoms with Gasteiger partial charge in [-0.05, 0) is 50.0 Å². The molecule has 192 valence electrons. The van der Waals surface area contributed by atoms with Crippen molar-refractivity contribution in [1.82, 2.24) is 4.90 Å². The number of rotatable bonds is 5. The first-order valence-corrected chi connectivity index (χ1v) is 12.8. The molecule has 8 nitrogen and oxygen atoms in total. The lowest BCUT2D eigenvalue weighted by atomic mass is 9.73. The smallest absolute Gasteiger partial charge is 0.313 e. The topological polar surface area (TPSA) is 96.4 Å². The molecule has 1 aromatic rings. The van der Waals surface area contributed by atoms with Crippen LogP contribution in [-0.2, 0) is 23.9 Å². The minimum atomic E-state index is -1.36. The second kappa shape index (κ2) is 8.85. The van der Waals surface area contributed by atoms with Crippen LogP contribution in [0.1, 0.15) is 37.8 Å². The van der Waals surface area contributed by atoms with Crippen molar-refractivity contribution in [2.75, 3.05) is 24.7 Å². The summed E-state index contributed by atoms with van der Waals surface area (Å²) in [4.78, 5) is 45.1. The zero-order valence-corrected chi connectivity index (χ0v) is 21.3. The number of nitrogens with zero attached hydrogens (tertiary/aromatic N) is 2. The van der Waals surface area contributed by atoms with Crippen LogP contribution < -0.4 is 4.90 Å². The summed E-state index contributed by atoms with van der Waals surface area (Å²) in [6, 6.07) is 4.33. The van der Waals surface area contributed by atoms with Gasteiger partial charge in [-0.1, -0.05) is 44.2 Å². The number of aliphatic hydroxyl groups is 1. The number of anilines is 1. The Morgan fingerprint density at radius 3 is 2.56 bits per heavy atom. The molecule has 6 atom stereocenters. The molecule has 4 heterocycles. The van der Waals surface area contributed by atoms with E-state index < -0.39 is 41.1 Å². The van der Waals surface area contributed by atoms with Crippen LogP contribution in [-0.4, -0.2) is 70.8 Å². The average Bonchev–Trinajstić information content (AvgIpc) is 3.14. The van der Waals surface area contributed by atoms with Gasteiger partial charge in [0.1, 0.15) is 29.8 Å². The fourth-order valence-corrected chi connectivity index (χ4v) is 6.57. The predicted octanol–water partition coefficient (Wildman–Crippen LogP) is 2.45. The monoisotopic (exact) mass is 494 g/mol. The fraction of sp³-hybridized carbons (Fsp3) is 0.536. The molecule has 5 rings (SSSR count). The van der Waals surface area contributed by atoms with Crippen molar-refractivity contribution < 1.29 is 29.0 Å². The van der Waals surface area contributed by atoms with E-state index in [0.29, 0.717) is 19.4 Å². The van der Waals surface area contributed by atoms with E-state index in [1.54, 1.807) is 11.0 Å². The lowest BCUT2D eigenvalue weighted by Gasteiger charge is -2.40. The zero-order chi connectivity index (χ0) is 25.8. The molecule has 1 spiro atoms. The molecule has 8 heteroatoms. The highest BCUT2D eigenvalue weighted by molar-refractivity contribution is 6.06. The highest BCUT2D eigenvalue weighted by atomic mass is 16.6. The first kappa shape index (κ1) is 24.7. The molecule has 2 fully saturated rings. The van der Waals surface area contributed by atoms with Gasteiger partial charge >= 0.3 is 5.97 Å². The number of ether oxygens (including phenoxy) is 2. The van der Waals surface area contributed by atoms with Crippen molar-refractivity contribution in [1.29, 1.82) is 0 Å². The Hall–Kier alpha value is -2.97. The molecule has 0 radical (unpaired) electrons. The molecule has 4 aliphatic heterocycles. The van der Waals surface area contributed by atoms with Gasteiger partial charge in [-0.3, -0.25) is 14.4 Å². The highest BCUT2D eigenvalue weighted by Gasteiger charge is 2.76. The van der Waals surface area contributed by atoms with E-state index >= 15 is 0 Å². The standard InChI is InChI=1S/C28H34N2O6/c1-5-19(16-31)30-23-25(33)29(20-15-17(3)9-10-18(20)4)13-7-12-28(23)21(24(30)32)22-26(34)35-14-8-11-27(22,6-2)36-28/h7-12,15,19,21-23,31H,5-6,13-14,16H2,1-4H3/t19-,21-,22+,23?,27-,28-/m0/s1. The lowest BCUT2D eigenvalue weighted by Crippen LogP contribution is -2.59. The molecule has 0 aliphatic carbocycles. The first-order chi connectivity index (χ1) is 17.2. The molecule has 0 saturated carbocycles. The number of hydrogen-bond donors (Lipinski definition) is 1. The molecule has 2 saturated heterocycles. The van der Waals surface area contributed by atoms with Gasteiger partial charge in [0.15, 0.2) is 0 Å². The Morgan fingerprint density at radius 1 is 1.08 bits per heavy atom. The van der Waals surface area contributed by atoms with Gasteiger partial charge in [0.05, 0.1) is 18.6 Å². The maximum absolute atomic E-state index is 14.5. The van der Waals surface area contributed by atoms with Crippen LogP contribution in [0.3, 0.4) is 0 Å². The third kappa shape index (κ3) is 3.30. The minimum absolute atomic E-state index is 0.116. The van der Waals surface area contributed by atoms with Crippen molar-refractivity contribution in [2.24, 2.45) is 11.8 Å².